The molecule has 128 valence electrons. The number of hydrogen-bond donors (Lipinski definition) is 0. The summed E-state index contributed by atoms with van der Waals surface area (Å²) >= 11 is 0. The van der Waals surface area contributed by atoms with Gasteiger partial charge in [-0.25, -0.2) is 4.79 Å². The molecule has 5 nitrogen and oxygen atoms in total. The summed E-state index contributed by atoms with van der Waals surface area (Å²) in [6.45, 7) is 3.18. The Morgan fingerprint density at radius 2 is 1.36 bits per heavy atom. The van der Waals surface area contributed by atoms with E-state index in [-0.39, 0.29) is 6.61 Å². The van der Waals surface area contributed by atoms with Gasteiger partial charge >= 0.3 is 5.97 Å². The first-order valence-electron chi connectivity index (χ1n) is 8.04. The molecule has 0 saturated carbocycles. The second kappa shape index (κ2) is 6.26. The number of carbonyl (C=O) groups excluding carboxylic acids is 3. The summed E-state index contributed by atoms with van der Waals surface area (Å²) in [5.74, 6) is -1.83. The molecular weight excluding hydrogens is 320 g/mol. The molecule has 1 fully saturated rings. The summed E-state index contributed by atoms with van der Waals surface area (Å²) in [6, 6.07) is 16.7. The minimum atomic E-state index is -1.95. The Labute approximate surface area is 145 Å². The third kappa shape index (κ3) is 2.57. The largest absolute Gasteiger partial charge is 0.463 e. The third-order valence-electron chi connectivity index (χ3n) is 4.38. The van der Waals surface area contributed by atoms with Crippen LogP contribution in [0.3, 0.4) is 0 Å². The van der Waals surface area contributed by atoms with Crippen LogP contribution in [0.2, 0.25) is 0 Å². The SMILES string of the molecule is CCOC(=O)[C@@]1(C(=O)c2ccccc2)O[C@@]1(C)C(=O)c1ccccc1. The van der Waals surface area contributed by atoms with Crippen molar-refractivity contribution >= 4 is 17.5 Å². The van der Waals surface area contributed by atoms with Crippen LogP contribution >= 0.6 is 0 Å². The predicted molar refractivity (Wildman–Crippen MR) is 90.4 cm³/mol. The average molecular weight is 338 g/mol. The van der Waals surface area contributed by atoms with Crippen LogP contribution in [0, 0.1) is 0 Å². The average Bonchev–Trinajstić information content (AvgIpc) is 3.30. The Bertz CT molecular complexity index is 814. The molecule has 25 heavy (non-hydrogen) atoms. The molecule has 1 aliphatic heterocycles. The van der Waals surface area contributed by atoms with Gasteiger partial charge in [-0.05, 0) is 13.8 Å². The highest BCUT2D eigenvalue weighted by Crippen LogP contribution is 2.52. The maximum atomic E-state index is 13.0. The molecule has 0 aliphatic carbocycles. The fourth-order valence-electron chi connectivity index (χ4n) is 2.97. The maximum Gasteiger partial charge on any atom is 0.350 e. The van der Waals surface area contributed by atoms with Crippen LogP contribution in [0.15, 0.2) is 60.7 Å². The lowest BCUT2D eigenvalue weighted by Gasteiger charge is -2.14. The molecule has 0 N–H and O–H groups in total. The van der Waals surface area contributed by atoms with Gasteiger partial charge in [-0.2, -0.15) is 0 Å². The predicted octanol–water partition coefficient (Wildman–Crippen LogP) is 2.84. The zero-order valence-corrected chi connectivity index (χ0v) is 14.0. The number of esters is 1. The zero-order valence-electron chi connectivity index (χ0n) is 14.0. The van der Waals surface area contributed by atoms with E-state index >= 15 is 0 Å². The molecule has 0 bridgehead atoms. The van der Waals surface area contributed by atoms with E-state index in [0.717, 1.165) is 0 Å². The van der Waals surface area contributed by atoms with Gasteiger partial charge in [-0.1, -0.05) is 60.7 Å². The zero-order chi connectivity index (χ0) is 18.1. The molecular formula is C20H18O5. The molecule has 1 aliphatic rings. The van der Waals surface area contributed by atoms with Crippen molar-refractivity contribution in [1.82, 2.24) is 0 Å². The van der Waals surface area contributed by atoms with E-state index in [9.17, 15) is 14.4 Å². The Morgan fingerprint density at radius 3 is 1.84 bits per heavy atom. The molecule has 0 amide bonds. The summed E-state index contributed by atoms with van der Waals surface area (Å²) in [5, 5.41) is 0. The highest BCUT2D eigenvalue weighted by atomic mass is 16.7. The molecule has 1 saturated heterocycles. The van der Waals surface area contributed by atoms with E-state index < -0.39 is 28.7 Å². The van der Waals surface area contributed by atoms with Gasteiger partial charge in [0.2, 0.25) is 5.78 Å². The van der Waals surface area contributed by atoms with Gasteiger partial charge in [0, 0.05) is 11.1 Å². The number of ketones is 2. The third-order valence-corrected chi connectivity index (χ3v) is 4.38. The van der Waals surface area contributed by atoms with E-state index in [1.807, 2.05) is 0 Å². The van der Waals surface area contributed by atoms with Crippen LogP contribution in [0.4, 0.5) is 0 Å². The summed E-state index contributed by atoms with van der Waals surface area (Å²) in [7, 11) is 0. The van der Waals surface area contributed by atoms with Crippen molar-refractivity contribution < 1.29 is 23.9 Å². The molecule has 0 unspecified atom stereocenters. The molecule has 3 rings (SSSR count). The topological polar surface area (TPSA) is 73.0 Å². The van der Waals surface area contributed by atoms with E-state index in [1.54, 1.807) is 67.6 Å². The number of rotatable bonds is 6. The highest BCUT2D eigenvalue weighted by Gasteiger charge is 2.81. The standard InChI is InChI=1S/C20H18O5/c1-3-24-18(23)20(17(22)15-12-8-5-9-13-15)19(2,25-20)16(21)14-10-6-4-7-11-14/h4-13H,3H2,1-2H3/t19-,20+/m0/s1. The number of carbonyl (C=O) groups is 3. The Hall–Kier alpha value is -2.79. The molecule has 2 aromatic rings. The van der Waals surface area contributed by atoms with E-state index in [4.69, 9.17) is 9.47 Å². The number of Topliss-reactive ketones (excluding diaryl/α,β-unsaturated/α-hetero) is 2. The van der Waals surface area contributed by atoms with Crippen LogP contribution < -0.4 is 0 Å². The van der Waals surface area contributed by atoms with Gasteiger partial charge in [0.05, 0.1) is 6.61 Å². The summed E-state index contributed by atoms with van der Waals surface area (Å²) < 4.78 is 10.6. The van der Waals surface area contributed by atoms with Crippen LogP contribution in [0.5, 0.6) is 0 Å². The fourth-order valence-corrected chi connectivity index (χ4v) is 2.97. The van der Waals surface area contributed by atoms with Crippen LogP contribution in [0.25, 0.3) is 0 Å². The smallest absolute Gasteiger partial charge is 0.350 e. The number of ether oxygens (including phenoxy) is 2. The first kappa shape index (κ1) is 17.0. The minimum absolute atomic E-state index is 0.0849. The van der Waals surface area contributed by atoms with Crippen LogP contribution in [0.1, 0.15) is 34.6 Å². The number of hydrogen-bond acceptors (Lipinski definition) is 5. The van der Waals surface area contributed by atoms with Gasteiger partial charge in [0.25, 0.3) is 5.60 Å². The van der Waals surface area contributed by atoms with E-state index in [0.29, 0.717) is 11.1 Å². The highest BCUT2D eigenvalue weighted by molar-refractivity contribution is 6.26. The summed E-state index contributed by atoms with van der Waals surface area (Å²) in [6.07, 6.45) is 0. The summed E-state index contributed by atoms with van der Waals surface area (Å²) in [5.41, 5.74) is -2.87. The Kier molecular flexibility index (Phi) is 4.27. The van der Waals surface area contributed by atoms with Gasteiger partial charge in [0.1, 0.15) is 0 Å². The lowest BCUT2D eigenvalue weighted by Crippen LogP contribution is -2.45. The van der Waals surface area contributed by atoms with Crippen molar-refractivity contribution in [2.45, 2.75) is 25.0 Å². The van der Waals surface area contributed by atoms with Gasteiger partial charge in [0.15, 0.2) is 11.4 Å². The monoisotopic (exact) mass is 338 g/mol. The van der Waals surface area contributed by atoms with Crippen molar-refractivity contribution in [3.8, 4) is 0 Å². The Balaban J connectivity index is 2.02. The van der Waals surface area contributed by atoms with Crippen molar-refractivity contribution in [3.63, 3.8) is 0 Å². The van der Waals surface area contributed by atoms with Crippen LogP contribution in [-0.2, 0) is 14.3 Å². The van der Waals surface area contributed by atoms with Crippen molar-refractivity contribution in [2.75, 3.05) is 6.61 Å². The minimum Gasteiger partial charge on any atom is -0.463 e. The molecule has 0 aromatic heterocycles. The molecule has 1 heterocycles. The summed E-state index contributed by atoms with van der Waals surface area (Å²) in [4.78, 5) is 38.5. The quantitative estimate of drug-likeness (QED) is 0.350. The molecule has 2 atom stereocenters. The van der Waals surface area contributed by atoms with Crippen molar-refractivity contribution in [3.05, 3.63) is 71.8 Å². The first-order chi connectivity index (χ1) is 12.0. The van der Waals surface area contributed by atoms with Crippen molar-refractivity contribution in [1.29, 1.82) is 0 Å². The Morgan fingerprint density at radius 1 is 0.880 bits per heavy atom. The van der Waals surface area contributed by atoms with Crippen LogP contribution in [-0.4, -0.2) is 35.3 Å². The maximum absolute atomic E-state index is 13.0. The van der Waals surface area contributed by atoms with Gasteiger partial charge in [-0.3, -0.25) is 9.59 Å². The first-order valence-corrected chi connectivity index (χ1v) is 8.04. The van der Waals surface area contributed by atoms with Gasteiger partial charge < -0.3 is 9.47 Å². The lowest BCUT2D eigenvalue weighted by molar-refractivity contribution is -0.147. The van der Waals surface area contributed by atoms with Crippen molar-refractivity contribution in [2.24, 2.45) is 0 Å². The van der Waals surface area contributed by atoms with E-state index in [1.165, 1.54) is 6.92 Å². The number of epoxide rings is 1. The second-order valence-corrected chi connectivity index (χ2v) is 5.93. The molecule has 2 aromatic carbocycles. The number of benzene rings is 2. The van der Waals surface area contributed by atoms with E-state index in [2.05, 4.69) is 0 Å². The molecule has 0 spiro atoms. The molecule has 0 radical (unpaired) electrons. The lowest BCUT2D eigenvalue weighted by atomic mass is 9.82. The normalized spacial score (nSPS) is 24.4. The second-order valence-electron chi connectivity index (χ2n) is 5.93. The van der Waals surface area contributed by atoms with Gasteiger partial charge in [-0.15, -0.1) is 0 Å². The fraction of sp³-hybridized carbons (Fsp3) is 0.250. The molecule has 5 heteroatoms.